The van der Waals surface area contributed by atoms with Crippen LogP contribution in [0.5, 0.6) is 11.5 Å². The van der Waals surface area contributed by atoms with Crippen LogP contribution in [0.1, 0.15) is 11.1 Å². The highest BCUT2D eigenvalue weighted by atomic mass is 16.5. The van der Waals surface area contributed by atoms with Crippen molar-refractivity contribution in [1.29, 1.82) is 5.26 Å². The molecule has 2 rings (SSSR count). The van der Waals surface area contributed by atoms with Gasteiger partial charge in [0.15, 0.2) is 6.61 Å². The van der Waals surface area contributed by atoms with Gasteiger partial charge >= 0.3 is 0 Å². The molecule has 0 spiro atoms. The van der Waals surface area contributed by atoms with Gasteiger partial charge in [0.05, 0.1) is 7.11 Å². The molecule has 0 saturated carbocycles. The maximum Gasteiger partial charge on any atom is 0.174 e. The molecule has 0 saturated heterocycles. The van der Waals surface area contributed by atoms with Crippen LogP contribution in [-0.4, -0.2) is 13.7 Å². The van der Waals surface area contributed by atoms with Gasteiger partial charge in [0.2, 0.25) is 0 Å². The summed E-state index contributed by atoms with van der Waals surface area (Å²) in [7, 11) is 1.66. The first-order chi connectivity index (χ1) is 10.3. The number of ether oxygens (including phenoxy) is 2. The van der Waals surface area contributed by atoms with Gasteiger partial charge in [-0.25, -0.2) is 0 Å². The zero-order valence-corrected chi connectivity index (χ0v) is 12.0. The summed E-state index contributed by atoms with van der Waals surface area (Å²) in [5, 5.41) is 12.0. The molecule has 4 nitrogen and oxygen atoms in total. The monoisotopic (exact) mass is 282 g/mol. The molecular weight excluding hydrogens is 264 g/mol. The molecule has 0 heterocycles. The lowest BCUT2D eigenvalue weighted by atomic mass is 10.2. The molecule has 0 amide bonds. The van der Waals surface area contributed by atoms with Gasteiger partial charge in [0.25, 0.3) is 0 Å². The van der Waals surface area contributed by atoms with E-state index in [4.69, 9.17) is 14.7 Å². The SMILES string of the molecule is COc1ccc(CNCc2ccccc2OCC#N)cc1. The smallest absolute Gasteiger partial charge is 0.174 e. The van der Waals surface area contributed by atoms with Crippen molar-refractivity contribution >= 4 is 0 Å². The van der Waals surface area contributed by atoms with Gasteiger partial charge in [0, 0.05) is 18.7 Å². The number of nitrogens with zero attached hydrogens (tertiary/aromatic N) is 1. The summed E-state index contributed by atoms with van der Waals surface area (Å²) in [4.78, 5) is 0. The molecule has 0 aromatic heterocycles. The fourth-order valence-corrected chi connectivity index (χ4v) is 1.99. The Hall–Kier alpha value is -2.51. The molecule has 0 bridgehead atoms. The third kappa shape index (κ3) is 4.51. The van der Waals surface area contributed by atoms with Crippen LogP contribution in [-0.2, 0) is 13.1 Å². The number of nitrogens with one attached hydrogen (secondary N) is 1. The fourth-order valence-electron chi connectivity index (χ4n) is 1.99. The fraction of sp³-hybridized carbons (Fsp3) is 0.235. The molecule has 21 heavy (non-hydrogen) atoms. The van der Waals surface area contributed by atoms with Crippen molar-refractivity contribution in [2.75, 3.05) is 13.7 Å². The maximum absolute atomic E-state index is 8.59. The highest BCUT2D eigenvalue weighted by Crippen LogP contribution is 2.18. The van der Waals surface area contributed by atoms with E-state index in [1.807, 2.05) is 54.6 Å². The largest absolute Gasteiger partial charge is 0.497 e. The number of benzene rings is 2. The first-order valence-electron chi connectivity index (χ1n) is 6.75. The highest BCUT2D eigenvalue weighted by molar-refractivity contribution is 5.33. The van der Waals surface area contributed by atoms with Gasteiger partial charge in [-0.3, -0.25) is 0 Å². The molecule has 0 radical (unpaired) electrons. The predicted octanol–water partition coefficient (Wildman–Crippen LogP) is 2.89. The van der Waals surface area contributed by atoms with Crippen LogP contribution in [0.4, 0.5) is 0 Å². The minimum absolute atomic E-state index is 0.0650. The normalized spacial score (nSPS) is 9.90. The molecule has 4 heteroatoms. The molecule has 108 valence electrons. The number of hydrogen-bond acceptors (Lipinski definition) is 4. The quantitative estimate of drug-likeness (QED) is 0.848. The van der Waals surface area contributed by atoms with Crippen LogP contribution in [0.2, 0.25) is 0 Å². The zero-order chi connectivity index (χ0) is 14.9. The maximum atomic E-state index is 8.59. The number of hydrogen-bond donors (Lipinski definition) is 1. The Morgan fingerprint density at radius 3 is 2.52 bits per heavy atom. The highest BCUT2D eigenvalue weighted by Gasteiger charge is 2.02. The van der Waals surface area contributed by atoms with Crippen LogP contribution in [0.15, 0.2) is 48.5 Å². The van der Waals surface area contributed by atoms with Crippen molar-refractivity contribution in [2.24, 2.45) is 0 Å². The van der Waals surface area contributed by atoms with Gasteiger partial charge in [-0.15, -0.1) is 0 Å². The van der Waals surface area contributed by atoms with E-state index >= 15 is 0 Å². The van der Waals surface area contributed by atoms with Crippen LogP contribution in [0.25, 0.3) is 0 Å². The van der Waals surface area contributed by atoms with Crippen molar-refractivity contribution in [3.63, 3.8) is 0 Å². The van der Waals surface area contributed by atoms with E-state index in [-0.39, 0.29) is 6.61 Å². The average molecular weight is 282 g/mol. The minimum atomic E-state index is 0.0650. The van der Waals surface area contributed by atoms with Gasteiger partial charge in [-0.05, 0) is 23.8 Å². The van der Waals surface area contributed by atoms with Crippen molar-refractivity contribution in [3.8, 4) is 17.6 Å². The van der Waals surface area contributed by atoms with Crippen LogP contribution in [0.3, 0.4) is 0 Å². The number of nitriles is 1. The number of methoxy groups -OCH3 is 1. The third-order valence-corrected chi connectivity index (χ3v) is 3.07. The Balaban J connectivity index is 1.89. The molecule has 0 aliphatic carbocycles. The molecule has 0 unspecified atom stereocenters. The molecule has 2 aromatic rings. The third-order valence-electron chi connectivity index (χ3n) is 3.07. The van der Waals surface area contributed by atoms with Gasteiger partial charge in [0.1, 0.15) is 17.6 Å². The summed E-state index contributed by atoms with van der Waals surface area (Å²) in [5.41, 5.74) is 2.23. The Morgan fingerprint density at radius 2 is 1.81 bits per heavy atom. The molecule has 2 aromatic carbocycles. The van der Waals surface area contributed by atoms with Crippen LogP contribution >= 0.6 is 0 Å². The van der Waals surface area contributed by atoms with E-state index in [1.165, 1.54) is 5.56 Å². The molecule has 0 fully saturated rings. The minimum Gasteiger partial charge on any atom is -0.497 e. The second kappa shape index (κ2) is 7.93. The topological polar surface area (TPSA) is 54.3 Å². The molecular formula is C17H18N2O2. The first kappa shape index (κ1) is 14.9. The first-order valence-corrected chi connectivity index (χ1v) is 6.75. The summed E-state index contributed by atoms with van der Waals surface area (Å²) in [6.07, 6.45) is 0. The van der Waals surface area contributed by atoms with Gasteiger partial charge in [-0.2, -0.15) is 5.26 Å². The van der Waals surface area contributed by atoms with E-state index in [9.17, 15) is 0 Å². The summed E-state index contributed by atoms with van der Waals surface area (Å²) < 4.78 is 10.5. The second-order valence-corrected chi connectivity index (χ2v) is 4.51. The van der Waals surface area contributed by atoms with Crippen molar-refractivity contribution in [1.82, 2.24) is 5.32 Å². The summed E-state index contributed by atoms with van der Waals surface area (Å²) in [6, 6.07) is 17.7. The van der Waals surface area contributed by atoms with E-state index < -0.39 is 0 Å². The lowest BCUT2D eigenvalue weighted by Gasteiger charge is -2.10. The summed E-state index contributed by atoms with van der Waals surface area (Å²) in [5.74, 6) is 1.61. The van der Waals surface area contributed by atoms with Crippen molar-refractivity contribution in [3.05, 3.63) is 59.7 Å². The lowest BCUT2D eigenvalue weighted by Crippen LogP contribution is -2.13. The van der Waals surface area contributed by atoms with Crippen LogP contribution in [0, 0.1) is 11.3 Å². The zero-order valence-electron chi connectivity index (χ0n) is 12.0. The molecule has 0 atom stereocenters. The Morgan fingerprint density at radius 1 is 1.05 bits per heavy atom. The average Bonchev–Trinajstić information content (AvgIpc) is 2.54. The standard InChI is InChI=1S/C17H18N2O2/c1-20-16-8-6-14(7-9-16)12-19-13-15-4-2-3-5-17(15)21-11-10-18/h2-9,19H,11-13H2,1H3. The predicted molar refractivity (Wildman–Crippen MR) is 81.1 cm³/mol. The Kier molecular flexibility index (Phi) is 5.62. The van der Waals surface area contributed by atoms with Crippen LogP contribution < -0.4 is 14.8 Å². The lowest BCUT2D eigenvalue weighted by molar-refractivity contribution is 0.362. The van der Waals surface area contributed by atoms with E-state index in [2.05, 4.69) is 5.32 Å². The molecule has 0 aliphatic rings. The van der Waals surface area contributed by atoms with Crippen molar-refractivity contribution in [2.45, 2.75) is 13.1 Å². The number of para-hydroxylation sites is 1. The number of rotatable bonds is 7. The second-order valence-electron chi connectivity index (χ2n) is 4.51. The van der Waals surface area contributed by atoms with Gasteiger partial charge in [-0.1, -0.05) is 30.3 Å². The molecule has 0 aliphatic heterocycles. The van der Waals surface area contributed by atoms with Gasteiger partial charge < -0.3 is 14.8 Å². The van der Waals surface area contributed by atoms with E-state index in [0.717, 1.165) is 23.6 Å². The Labute approximate surface area is 124 Å². The van der Waals surface area contributed by atoms with E-state index in [0.29, 0.717) is 6.54 Å². The molecule has 1 N–H and O–H groups in total. The van der Waals surface area contributed by atoms with E-state index in [1.54, 1.807) is 7.11 Å². The summed E-state index contributed by atoms with van der Waals surface area (Å²) >= 11 is 0. The summed E-state index contributed by atoms with van der Waals surface area (Å²) in [6.45, 7) is 1.51. The Bertz CT molecular complexity index is 603. The van der Waals surface area contributed by atoms with Crippen molar-refractivity contribution < 1.29 is 9.47 Å².